The van der Waals surface area contributed by atoms with Gasteiger partial charge in [-0.25, -0.2) is 0 Å². The molecule has 78 valence electrons. The van der Waals surface area contributed by atoms with Crippen molar-refractivity contribution in [3.05, 3.63) is 0 Å². The van der Waals surface area contributed by atoms with E-state index >= 15 is 0 Å². The van der Waals surface area contributed by atoms with Crippen molar-refractivity contribution < 1.29 is 9.90 Å². The number of unbranched alkanes of at least 4 members (excludes halogenated alkanes) is 2. The minimum absolute atomic E-state index is 0.159. The Balaban J connectivity index is 3.17. The van der Waals surface area contributed by atoms with E-state index in [-0.39, 0.29) is 18.6 Å². The Labute approximate surface area is 79.5 Å². The maximum Gasteiger partial charge on any atom is 0.218 e. The van der Waals surface area contributed by atoms with E-state index in [1.807, 2.05) is 6.92 Å². The average molecular weight is 188 g/mol. The van der Waals surface area contributed by atoms with Crippen LogP contribution < -0.4 is 11.1 Å². The summed E-state index contributed by atoms with van der Waals surface area (Å²) in [5.41, 5.74) is 5.03. The van der Waals surface area contributed by atoms with Gasteiger partial charge in [0.1, 0.15) is 0 Å². The number of carbonyl (C=O) groups excluding carboxylic acids is 1. The van der Waals surface area contributed by atoms with Crippen LogP contribution in [-0.2, 0) is 4.79 Å². The molecule has 0 aliphatic carbocycles. The molecule has 4 nitrogen and oxygen atoms in total. The average Bonchev–Trinajstić information content (AvgIpc) is 2.02. The second-order valence-corrected chi connectivity index (χ2v) is 3.31. The van der Waals surface area contributed by atoms with E-state index in [9.17, 15) is 4.79 Å². The molecule has 1 atom stereocenters. The minimum Gasteiger partial charge on any atom is -0.396 e. The highest BCUT2D eigenvalue weighted by Gasteiger charge is 2.03. The van der Waals surface area contributed by atoms with Crippen LogP contribution in [0, 0.1) is 0 Å². The highest BCUT2D eigenvalue weighted by Crippen LogP contribution is 1.94. The lowest BCUT2D eigenvalue weighted by molar-refractivity contribution is -0.118. The number of aliphatic hydroxyl groups excluding tert-OH is 1. The summed E-state index contributed by atoms with van der Waals surface area (Å²) in [6.45, 7) is 3.09. The van der Waals surface area contributed by atoms with Crippen molar-refractivity contribution in [3.63, 3.8) is 0 Å². The molecule has 0 aromatic heterocycles. The molecular formula is C9H20N2O2. The van der Waals surface area contributed by atoms with Gasteiger partial charge in [-0.1, -0.05) is 0 Å². The van der Waals surface area contributed by atoms with E-state index < -0.39 is 0 Å². The SMILES string of the molecule is CC(CC(N)=O)NCCCCCO. The van der Waals surface area contributed by atoms with Gasteiger partial charge in [0.25, 0.3) is 0 Å². The number of hydrogen-bond acceptors (Lipinski definition) is 3. The Bertz CT molecular complexity index is 140. The van der Waals surface area contributed by atoms with Gasteiger partial charge in [0.05, 0.1) is 0 Å². The Kier molecular flexibility index (Phi) is 7.63. The number of aliphatic hydroxyl groups is 1. The Morgan fingerprint density at radius 2 is 2.15 bits per heavy atom. The van der Waals surface area contributed by atoms with Crippen molar-refractivity contribution >= 4 is 5.91 Å². The van der Waals surface area contributed by atoms with Gasteiger partial charge >= 0.3 is 0 Å². The normalized spacial score (nSPS) is 12.8. The first kappa shape index (κ1) is 12.4. The lowest BCUT2D eigenvalue weighted by Crippen LogP contribution is -2.31. The van der Waals surface area contributed by atoms with Gasteiger partial charge < -0.3 is 16.2 Å². The van der Waals surface area contributed by atoms with Gasteiger partial charge in [0, 0.05) is 19.1 Å². The summed E-state index contributed by atoms with van der Waals surface area (Å²) in [7, 11) is 0. The van der Waals surface area contributed by atoms with Crippen molar-refractivity contribution in [1.82, 2.24) is 5.32 Å². The third-order valence-corrected chi connectivity index (χ3v) is 1.84. The first-order valence-electron chi connectivity index (χ1n) is 4.79. The maximum atomic E-state index is 10.5. The molecule has 13 heavy (non-hydrogen) atoms. The van der Waals surface area contributed by atoms with E-state index in [0.717, 1.165) is 25.8 Å². The van der Waals surface area contributed by atoms with Crippen LogP contribution in [0.15, 0.2) is 0 Å². The van der Waals surface area contributed by atoms with Crippen LogP contribution in [-0.4, -0.2) is 30.2 Å². The fourth-order valence-corrected chi connectivity index (χ4v) is 1.14. The van der Waals surface area contributed by atoms with Gasteiger partial charge in [-0.3, -0.25) is 4.79 Å². The predicted molar refractivity (Wildman–Crippen MR) is 52.2 cm³/mol. The Hall–Kier alpha value is -0.610. The third-order valence-electron chi connectivity index (χ3n) is 1.84. The molecule has 0 fully saturated rings. The number of amides is 1. The zero-order chi connectivity index (χ0) is 10.1. The minimum atomic E-state index is -0.268. The number of rotatable bonds is 8. The fraction of sp³-hybridized carbons (Fsp3) is 0.889. The molecule has 0 saturated heterocycles. The van der Waals surface area contributed by atoms with Crippen molar-refractivity contribution in [2.75, 3.05) is 13.2 Å². The standard InChI is InChI=1S/C9H20N2O2/c1-8(7-9(10)13)11-5-3-2-4-6-12/h8,11-12H,2-7H2,1H3,(H2,10,13). The van der Waals surface area contributed by atoms with Crippen LogP contribution in [0.25, 0.3) is 0 Å². The maximum absolute atomic E-state index is 10.5. The lowest BCUT2D eigenvalue weighted by atomic mass is 10.2. The summed E-state index contributed by atoms with van der Waals surface area (Å²) < 4.78 is 0. The molecule has 0 bridgehead atoms. The zero-order valence-corrected chi connectivity index (χ0v) is 8.25. The molecule has 0 saturated carbocycles. The summed E-state index contributed by atoms with van der Waals surface area (Å²) >= 11 is 0. The quantitative estimate of drug-likeness (QED) is 0.469. The van der Waals surface area contributed by atoms with Gasteiger partial charge in [-0.05, 0) is 32.7 Å². The lowest BCUT2D eigenvalue weighted by Gasteiger charge is -2.10. The van der Waals surface area contributed by atoms with Crippen LogP contribution in [0.2, 0.25) is 0 Å². The number of nitrogens with one attached hydrogen (secondary N) is 1. The largest absolute Gasteiger partial charge is 0.396 e. The first-order valence-corrected chi connectivity index (χ1v) is 4.79. The van der Waals surface area contributed by atoms with Crippen molar-refractivity contribution in [2.24, 2.45) is 5.73 Å². The summed E-state index contributed by atoms with van der Waals surface area (Å²) in [5.74, 6) is -0.268. The predicted octanol–water partition coefficient (Wildman–Crippen LogP) is 0.00250. The molecule has 1 amide bonds. The zero-order valence-electron chi connectivity index (χ0n) is 8.25. The van der Waals surface area contributed by atoms with Crippen molar-refractivity contribution in [3.8, 4) is 0 Å². The topological polar surface area (TPSA) is 75.4 Å². The molecule has 0 spiro atoms. The number of nitrogens with two attached hydrogens (primary N) is 1. The molecule has 1 unspecified atom stereocenters. The van der Waals surface area contributed by atoms with E-state index in [0.29, 0.717) is 6.42 Å². The number of primary amides is 1. The Morgan fingerprint density at radius 3 is 2.69 bits per heavy atom. The number of carbonyl (C=O) groups is 1. The fourth-order valence-electron chi connectivity index (χ4n) is 1.14. The molecular weight excluding hydrogens is 168 g/mol. The van der Waals surface area contributed by atoms with Gasteiger partial charge in [0.2, 0.25) is 5.91 Å². The van der Waals surface area contributed by atoms with E-state index in [1.165, 1.54) is 0 Å². The van der Waals surface area contributed by atoms with Gasteiger partial charge in [-0.15, -0.1) is 0 Å². The molecule has 0 aliphatic heterocycles. The van der Waals surface area contributed by atoms with Crippen LogP contribution in [0.3, 0.4) is 0 Å². The molecule has 4 heteroatoms. The summed E-state index contributed by atoms with van der Waals surface area (Å²) in [4.78, 5) is 10.5. The van der Waals surface area contributed by atoms with Crippen LogP contribution >= 0.6 is 0 Å². The van der Waals surface area contributed by atoms with E-state index in [1.54, 1.807) is 0 Å². The molecule has 0 heterocycles. The monoisotopic (exact) mass is 188 g/mol. The summed E-state index contributed by atoms with van der Waals surface area (Å²) in [5, 5.41) is 11.7. The smallest absolute Gasteiger partial charge is 0.218 e. The molecule has 0 aromatic carbocycles. The van der Waals surface area contributed by atoms with Crippen LogP contribution in [0.4, 0.5) is 0 Å². The summed E-state index contributed by atoms with van der Waals surface area (Å²) in [6.07, 6.45) is 3.29. The van der Waals surface area contributed by atoms with Crippen LogP contribution in [0.5, 0.6) is 0 Å². The second kappa shape index (κ2) is 8.01. The van der Waals surface area contributed by atoms with Crippen LogP contribution in [0.1, 0.15) is 32.6 Å². The molecule has 0 aromatic rings. The molecule has 4 N–H and O–H groups in total. The summed E-state index contributed by atoms with van der Waals surface area (Å²) in [6, 6.07) is 0.159. The van der Waals surface area contributed by atoms with Gasteiger partial charge in [0.15, 0.2) is 0 Å². The first-order chi connectivity index (χ1) is 6.16. The second-order valence-electron chi connectivity index (χ2n) is 3.31. The number of hydrogen-bond donors (Lipinski definition) is 3. The van der Waals surface area contributed by atoms with E-state index in [2.05, 4.69) is 5.32 Å². The highest BCUT2D eigenvalue weighted by molar-refractivity contribution is 5.74. The highest BCUT2D eigenvalue weighted by atomic mass is 16.2. The molecule has 0 rings (SSSR count). The van der Waals surface area contributed by atoms with Crippen molar-refractivity contribution in [1.29, 1.82) is 0 Å². The Morgan fingerprint density at radius 1 is 1.46 bits per heavy atom. The van der Waals surface area contributed by atoms with E-state index in [4.69, 9.17) is 10.8 Å². The van der Waals surface area contributed by atoms with Crippen molar-refractivity contribution in [2.45, 2.75) is 38.6 Å². The third kappa shape index (κ3) is 9.30. The molecule has 0 aliphatic rings. The van der Waals surface area contributed by atoms with Gasteiger partial charge in [-0.2, -0.15) is 0 Å². The molecule has 0 radical (unpaired) electrons.